The number of ether oxygens (including phenoxy) is 2. The number of nitrogens with one attached hydrogen (secondary N) is 2. The van der Waals surface area contributed by atoms with E-state index in [2.05, 4.69) is 10.6 Å². The summed E-state index contributed by atoms with van der Waals surface area (Å²) in [6, 6.07) is 21.4. The van der Waals surface area contributed by atoms with Crippen LogP contribution in [-0.2, 0) is 22.6 Å². The summed E-state index contributed by atoms with van der Waals surface area (Å²) in [5.41, 5.74) is 3.01. The molecule has 2 amide bonds. The van der Waals surface area contributed by atoms with Crippen LogP contribution in [0.1, 0.15) is 34.8 Å². The lowest BCUT2D eigenvalue weighted by atomic mass is 10.1. The Morgan fingerprint density at radius 1 is 0.848 bits per heavy atom. The number of carbonyl (C=O) groups is 3. The van der Waals surface area contributed by atoms with Crippen LogP contribution in [0.15, 0.2) is 72.8 Å². The van der Waals surface area contributed by atoms with Crippen LogP contribution in [0.3, 0.4) is 0 Å². The molecule has 0 atom stereocenters. The summed E-state index contributed by atoms with van der Waals surface area (Å²) in [6.07, 6.45) is 0.975. The van der Waals surface area contributed by atoms with E-state index in [1.54, 1.807) is 37.4 Å². The molecule has 3 aromatic rings. The molecule has 170 valence electrons. The number of benzene rings is 3. The van der Waals surface area contributed by atoms with Gasteiger partial charge in [0.25, 0.3) is 5.91 Å². The Kier molecular flexibility index (Phi) is 8.18. The Bertz CT molecular complexity index is 1130. The molecule has 0 unspecified atom stereocenters. The smallest absolute Gasteiger partial charge is 0.308 e. The van der Waals surface area contributed by atoms with Crippen molar-refractivity contribution in [2.45, 2.75) is 26.3 Å². The molecule has 0 bridgehead atoms. The number of hydrogen-bond acceptors (Lipinski definition) is 5. The van der Waals surface area contributed by atoms with E-state index in [0.717, 1.165) is 16.9 Å². The molecule has 3 rings (SSSR count). The third-order valence-corrected chi connectivity index (χ3v) is 4.82. The second kappa shape index (κ2) is 11.5. The van der Waals surface area contributed by atoms with Crippen molar-refractivity contribution in [3.8, 4) is 11.5 Å². The first-order chi connectivity index (χ1) is 15.9. The van der Waals surface area contributed by atoms with Gasteiger partial charge in [-0.3, -0.25) is 14.4 Å². The number of amides is 2. The number of carbonyl (C=O) groups excluding carboxylic acids is 3. The molecule has 0 fully saturated rings. The quantitative estimate of drug-likeness (QED) is 0.381. The SMILES string of the molecule is COc1cccc(CCC(=O)Nc2ccc(CNC(=O)c3cccc(OC(C)=O)c3)cc2)c1. The first-order valence-corrected chi connectivity index (χ1v) is 10.5. The van der Waals surface area contributed by atoms with Crippen molar-refractivity contribution in [1.82, 2.24) is 5.32 Å². The molecule has 3 aromatic carbocycles. The van der Waals surface area contributed by atoms with Gasteiger partial charge in [-0.25, -0.2) is 0 Å². The van der Waals surface area contributed by atoms with Crippen LogP contribution in [0.2, 0.25) is 0 Å². The standard InChI is InChI=1S/C26H26N2O5/c1-18(29)33-24-8-4-6-21(16-24)26(31)27-17-20-9-12-22(13-10-20)28-25(30)14-11-19-5-3-7-23(15-19)32-2/h3-10,12-13,15-16H,11,14,17H2,1-2H3,(H,27,31)(H,28,30). The molecule has 7 heteroatoms. The maximum absolute atomic E-state index is 12.4. The summed E-state index contributed by atoms with van der Waals surface area (Å²) in [5.74, 6) is 0.292. The lowest BCUT2D eigenvalue weighted by Gasteiger charge is -2.09. The predicted molar refractivity (Wildman–Crippen MR) is 125 cm³/mol. The van der Waals surface area contributed by atoms with Gasteiger partial charge in [-0.2, -0.15) is 0 Å². The molecule has 0 aromatic heterocycles. The van der Waals surface area contributed by atoms with Gasteiger partial charge in [-0.05, 0) is 60.0 Å². The maximum atomic E-state index is 12.4. The van der Waals surface area contributed by atoms with Crippen molar-refractivity contribution in [3.05, 3.63) is 89.5 Å². The highest BCUT2D eigenvalue weighted by atomic mass is 16.5. The average molecular weight is 447 g/mol. The summed E-state index contributed by atoms with van der Waals surface area (Å²) in [6.45, 7) is 1.63. The number of anilines is 1. The summed E-state index contributed by atoms with van der Waals surface area (Å²) in [5, 5.41) is 5.71. The fourth-order valence-electron chi connectivity index (χ4n) is 3.17. The van der Waals surface area contributed by atoms with E-state index < -0.39 is 5.97 Å². The van der Waals surface area contributed by atoms with Gasteiger partial charge in [0.05, 0.1) is 7.11 Å². The molecule has 0 aliphatic heterocycles. The molecule has 0 saturated carbocycles. The van der Waals surface area contributed by atoms with Crippen LogP contribution in [0.25, 0.3) is 0 Å². The van der Waals surface area contributed by atoms with Gasteiger partial charge in [-0.1, -0.05) is 30.3 Å². The first-order valence-electron chi connectivity index (χ1n) is 10.5. The lowest BCUT2D eigenvalue weighted by molar-refractivity contribution is -0.131. The first kappa shape index (κ1) is 23.5. The number of esters is 1. The van der Waals surface area contributed by atoms with E-state index in [1.807, 2.05) is 36.4 Å². The van der Waals surface area contributed by atoms with Gasteiger partial charge in [0.15, 0.2) is 0 Å². The molecule has 2 N–H and O–H groups in total. The van der Waals surface area contributed by atoms with Crippen LogP contribution in [0.5, 0.6) is 11.5 Å². The van der Waals surface area contributed by atoms with Gasteiger partial charge < -0.3 is 20.1 Å². The largest absolute Gasteiger partial charge is 0.497 e. The van der Waals surface area contributed by atoms with Crippen molar-refractivity contribution in [2.24, 2.45) is 0 Å². The van der Waals surface area contributed by atoms with E-state index in [1.165, 1.54) is 13.0 Å². The van der Waals surface area contributed by atoms with Crippen molar-refractivity contribution < 1.29 is 23.9 Å². The molecule has 0 saturated heterocycles. The third-order valence-electron chi connectivity index (χ3n) is 4.82. The highest BCUT2D eigenvalue weighted by molar-refractivity contribution is 5.94. The van der Waals surface area contributed by atoms with Crippen LogP contribution in [0, 0.1) is 0 Å². The van der Waals surface area contributed by atoms with Crippen LogP contribution in [0.4, 0.5) is 5.69 Å². The molecule has 0 heterocycles. The lowest BCUT2D eigenvalue weighted by Crippen LogP contribution is -2.22. The Morgan fingerprint density at radius 2 is 1.58 bits per heavy atom. The van der Waals surface area contributed by atoms with Crippen LogP contribution >= 0.6 is 0 Å². The topological polar surface area (TPSA) is 93.7 Å². The maximum Gasteiger partial charge on any atom is 0.308 e. The van der Waals surface area contributed by atoms with E-state index in [4.69, 9.17) is 9.47 Å². The van der Waals surface area contributed by atoms with Crippen molar-refractivity contribution in [2.75, 3.05) is 12.4 Å². The molecule has 0 aliphatic rings. The highest BCUT2D eigenvalue weighted by Crippen LogP contribution is 2.16. The fourth-order valence-corrected chi connectivity index (χ4v) is 3.17. The molecule has 0 aliphatic carbocycles. The summed E-state index contributed by atoms with van der Waals surface area (Å²) in [4.78, 5) is 35.7. The molecular formula is C26H26N2O5. The second-order valence-electron chi connectivity index (χ2n) is 7.40. The van der Waals surface area contributed by atoms with Gasteiger partial charge >= 0.3 is 5.97 Å². The predicted octanol–water partition coefficient (Wildman–Crippen LogP) is 4.12. The molecule has 33 heavy (non-hydrogen) atoms. The van der Waals surface area contributed by atoms with Gasteiger partial charge in [-0.15, -0.1) is 0 Å². The van der Waals surface area contributed by atoms with Crippen LogP contribution < -0.4 is 20.1 Å². The number of hydrogen-bond donors (Lipinski definition) is 2. The molecule has 0 radical (unpaired) electrons. The zero-order chi connectivity index (χ0) is 23.6. The van der Waals surface area contributed by atoms with E-state index in [-0.39, 0.29) is 11.8 Å². The minimum atomic E-state index is -0.444. The van der Waals surface area contributed by atoms with E-state index >= 15 is 0 Å². The normalized spacial score (nSPS) is 10.2. The second-order valence-corrected chi connectivity index (χ2v) is 7.40. The van der Waals surface area contributed by atoms with Gasteiger partial charge in [0.1, 0.15) is 11.5 Å². The highest BCUT2D eigenvalue weighted by Gasteiger charge is 2.08. The van der Waals surface area contributed by atoms with Crippen molar-refractivity contribution >= 4 is 23.5 Å². The minimum absolute atomic E-state index is 0.0773. The Hall–Kier alpha value is -4.13. The van der Waals surface area contributed by atoms with Crippen molar-refractivity contribution in [3.63, 3.8) is 0 Å². The van der Waals surface area contributed by atoms with E-state index in [0.29, 0.717) is 36.4 Å². The fraction of sp³-hybridized carbons (Fsp3) is 0.192. The molecular weight excluding hydrogens is 420 g/mol. The number of rotatable bonds is 9. The minimum Gasteiger partial charge on any atom is -0.497 e. The van der Waals surface area contributed by atoms with Gasteiger partial charge in [0, 0.05) is 31.1 Å². The number of methoxy groups -OCH3 is 1. The monoisotopic (exact) mass is 446 g/mol. The Morgan fingerprint density at radius 3 is 2.30 bits per heavy atom. The number of aryl methyl sites for hydroxylation is 1. The summed E-state index contributed by atoms with van der Waals surface area (Å²) in [7, 11) is 1.62. The third kappa shape index (κ3) is 7.50. The van der Waals surface area contributed by atoms with Crippen LogP contribution in [-0.4, -0.2) is 24.9 Å². The Balaban J connectivity index is 1.47. The summed E-state index contributed by atoms with van der Waals surface area (Å²) >= 11 is 0. The molecule has 0 spiro atoms. The zero-order valence-electron chi connectivity index (χ0n) is 18.6. The molecule has 7 nitrogen and oxygen atoms in total. The summed E-state index contributed by atoms with van der Waals surface area (Å²) < 4.78 is 10.2. The van der Waals surface area contributed by atoms with Gasteiger partial charge in [0.2, 0.25) is 5.91 Å². The van der Waals surface area contributed by atoms with E-state index in [9.17, 15) is 14.4 Å². The average Bonchev–Trinajstić information content (AvgIpc) is 2.82. The zero-order valence-corrected chi connectivity index (χ0v) is 18.6. The Labute approximate surface area is 192 Å². The van der Waals surface area contributed by atoms with Crippen molar-refractivity contribution in [1.29, 1.82) is 0 Å².